The van der Waals surface area contributed by atoms with E-state index in [9.17, 15) is 92.0 Å². The normalized spacial score (nSPS) is 17.3. The smallest absolute Gasteiger partial charge is 0.325 e. The first kappa shape index (κ1) is 107. The van der Waals surface area contributed by atoms with Gasteiger partial charge in [-0.2, -0.15) is 35.3 Å². The number of carbonyl (C=O) groups excluding carboxylic acids is 15. The van der Waals surface area contributed by atoms with Crippen molar-refractivity contribution < 1.29 is 102 Å². The van der Waals surface area contributed by atoms with Gasteiger partial charge in [-0.05, 0) is 184 Å². The molecule has 0 saturated carbocycles. The average Bonchev–Trinajstić information content (AvgIpc) is 1.62. The summed E-state index contributed by atoms with van der Waals surface area (Å²) in [5, 5.41) is 75.1. The van der Waals surface area contributed by atoms with Gasteiger partial charge in [0, 0.05) is 26.4 Å². The third-order valence-electron chi connectivity index (χ3n) is 18.7. The molecule has 0 bridgehead atoms. The van der Waals surface area contributed by atoms with Crippen LogP contribution in [0.4, 0.5) is 0 Å². The largest absolute Gasteiger partial charge is 0.481 e. The number of unbranched alkanes of at least 4 members (excludes halogenated alkanes) is 1. The molecule has 2 saturated heterocycles. The highest BCUT2D eigenvalue weighted by atomic mass is 32.2. The summed E-state index contributed by atoms with van der Waals surface area (Å²) >= 11 is 3.99. The molecule has 2 aliphatic heterocycles. The molecule has 2 heterocycles. The highest BCUT2D eigenvalue weighted by molar-refractivity contribution is 7.99. The number of amides is 15. The van der Waals surface area contributed by atoms with Gasteiger partial charge < -0.3 is 123 Å². The molecule has 0 unspecified atom stereocenters. The highest BCUT2D eigenvalue weighted by Gasteiger charge is 2.43. The van der Waals surface area contributed by atoms with Crippen molar-refractivity contribution in [1.82, 2.24) is 79.3 Å². The summed E-state index contributed by atoms with van der Waals surface area (Å²) < 4.78 is 0. The molecular weight excluding hydrogens is 1600 g/mol. The number of nitrogens with two attached hydrogens (primary N) is 4. The first-order chi connectivity index (χ1) is 55.5. The maximum Gasteiger partial charge on any atom is 0.325 e. The number of rotatable bonds is 55. The molecule has 0 radical (unpaired) electrons. The number of primary amides is 1. The van der Waals surface area contributed by atoms with E-state index >= 15 is 0 Å². The Bertz CT molecular complexity index is 3330. The summed E-state index contributed by atoms with van der Waals surface area (Å²) in [7, 11) is 0. The molecular formula is C74H132N20O21S3. The fraction of sp³-hybridized carbons (Fsp3) is 0.757. The van der Waals surface area contributed by atoms with E-state index < -0.39 is 210 Å². The van der Waals surface area contributed by atoms with Gasteiger partial charge in [-0.15, -0.1) is 0 Å². The van der Waals surface area contributed by atoms with Crippen LogP contribution in [0.3, 0.4) is 0 Å². The Morgan fingerprint density at radius 3 is 1.27 bits per heavy atom. The zero-order valence-electron chi connectivity index (χ0n) is 70.1. The van der Waals surface area contributed by atoms with E-state index in [1.165, 1.54) is 56.1 Å². The van der Waals surface area contributed by atoms with E-state index in [1.54, 1.807) is 60.3 Å². The van der Waals surface area contributed by atoms with Gasteiger partial charge in [0.2, 0.25) is 88.6 Å². The fourth-order valence-corrected chi connectivity index (χ4v) is 13.7. The number of aliphatic hydroxyl groups is 2. The Balaban J connectivity index is 0.0000170. The van der Waals surface area contributed by atoms with Crippen molar-refractivity contribution >= 4 is 142 Å². The summed E-state index contributed by atoms with van der Waals surface area (Å²) in [4.78, 5) is 234. The minimum atomic E-state index is -1.71. The van der Waals surface area contributed by atoms with Gasteiger partial charge in [-0.1, -0.05) is 41.5 Å². The van der Waals surface area contributed by atoms with Crippen molar-refractivity contribution in [2.45, 2.75) is 269 Å². The molecule has 0 aromatic rings. The lowest BCUT2D eigenvalue weighted by molar-refractivity contribution is -0.144. The summed E-state index contributed by atoms with van der Waals surface area (Å²) in [6.45, 7) is 15.2. The number of carboxylic acids is 2. The van der Waals surface area contributed by atoms with Crippen LogP contribution in [0.1, 0.15) is 172 Å². The van der Waals surface area contributed by atoms with Gasteiger partial charge in [0.15, 0.2) is 5.96 Å². The number of aliphatic imine (C=N–C) groups is 1. The molecule has 118 heavy (non-hydrogen) atoms. The number of hydrogen-bond donors (Lipinski definition) is 22. The van der Waals surface area contributed by atoms with Crippen LogP contribution in [0.25, 0.3) is 0 Å². The topological polar surface area (TPSA) is 659 Å². The van der Waals surface area contributed by atoms with Gasteiger partial charge >= 0.3 is 5.97 Å². The van der Waals surface area contributed by atoms with E-state index in [2.05, 4.69) is 79.4 Å². The van der Waals surface area contributed by atoms with Crippen molar-refractivity contribution in [1.29, 1.82) is 0 Å². The SMILES string of the molecule is CC(=O)O.CSCC[C@H](NC(=O)[C@H](CCCN=C(N)N)NC(=O)[C@H](CCSC)NC(=O)[C@H](CCCCN)NC(=O)[C@H](CO)NC(=O)[C@@H](NC(=O)[C@@H]1CCCN1)C(C)C)C(=O)N[C@@H](C)C(=O)N[C@H](C(=O)N1CCC[C@H]1C(=O)N[C@@H](CC(C)C)C(=O)N[C@@H](CC(C)C)C(=O)N[C@@H](CCSC)C(=O)N[C@@H](CCC(N)=O)C(=O)N[C@@H](C)C(=O)O)[C@@H](C)O. The van der Waals surface area contributed by atoms with Gasteiger partial charge in [-0.3, -0.25) is 86.5 Å². The third-order valence-corrected chi connectivity index (χ3v) is 20.6. The second kappa shape index (κ2) is 57.3. The van der Waals surface area contributed by atoms with Gasteiger partial charge in [-0.25, -0.2) is 0 Å². The van der Waals surface area contributed by atoms with Crippen molar-refractivity contribution in [3.63, 3.8) is 0 Å². The lowest BCUT2D eigenvalue weighted by atomic mass is 9.99. The molecule has 0 aromatic heterocycles. The van der Waals surface area contributed by atoms with Crippen LogP contribution in [-0.2, 0) is 81.5 Å². The van der Waals surface area contributed by atoms with E-state index in [0.717, 1.165) is 18.2 Å². The standard InChI is InChI=1S/C72H128N20O19S3.C2H4O2/c1-37(2)34-50(65(104)86-49(26-33-114-12)64(103)83-46(22-23-54(74)95)59(98)80-41(8)71(110)111)87-66(105)51(35-38(3)4)88-68(107)53-21-17-30-92(53)70(109)56(42(9)94)91-57(96)40(7)79-60(99)47(24-31-112-10)84-62(101)45(20-16-29-78-72(75)76)81-63(102)48(25-32-113-11)85-61(100)44(18-13-14-27-73)82-67(106)52(36-93)89-69(108)55(39(5)6)90-58(97)43-19-15-28-77-43;1-2(3)4/h37-53,55-56,77,93-94H,13-36,73H2,1-12H3,(H2,74,95)(H,79,99)(H,80,98)(H,81,102)(H,82,106)(H,83,103)(H,84,101)(H,85,100)(H,86,104)(H,87,105)(H,88,107)(H,89,108)(H,90,97)(H,91,96)(H,110,111)(H4,75,76,78);1H3,(H,3,4)/t40-,41-,42+,43-,44-,45-,46-,47-,48-,49-,50-,51-,52-,53-,55-,56-;/m0./s1. The molecule has 2 rings (SSSR count). The minimum Gasteiger partial charge on any atom is -0.481 e. The Hall–Kier alpha value is -8.85. The predicted octanol–water partition coefficient (Wildman–Crippen LogP) is -4.92. The highest BCUT2D eigenvalue weighted by Crippen LogP contribution is 2.22. The molecule has 2 fully saturated rings. The number of aliphatic hydroxyl groups excluding tert-OH is 2. The molecule has 26 N–H and O–H groups in total. The second-order valence-electron chi connectivity index (χ2n) is 30.2. The Morgan fingerprint density at radius 1 is 0.466 bits per heavy atom. The van der Waals surface area contributed by atoms with Crippen molar-refractivity contribution in [2.75, 3.05) is 68.8 Å². The van der Waals surface area contributed by atoms with Crippen LogP contribution in [-0.4, -0.2) is 297 Å². The number of nitrogens with one attached hydrogen (secondary N) is 14. The van der Waals surface area contributed by atoms with Crippen molar-refractivity contribution in [3.8, 4) is 0 Å². The summed E-state index contributed by atoms with van der Waals surface area (Å²) in [6.07, 6.45) is 5.47. The molecule has 44 heteroatoms. The predicted molar refractivity (Wildman–Crippen MR) is 446 cm³/mol. The lowest BCUT2D eigenvalue weighted by Crippen LogP contribution is -2.62. The average molecular weight is 1730 g/mol. The van der Waals surface area contributed by atoms with Crippen LogP contribution < -0.4 is 97.4 Å². The van der Waals surface area contributed by atoms with E-state index in [-0.39, 0.29) is 120 Å². The minimum absolute atomic E-state index is 0.00158. The third kappa shape index (κ3) is 41.2. The van der Waals surface area contributed by atoms with E-state index in [4.69, 9.17) is 32.8 Å². The summed E-state index contributed by atoms with van der Waals surface area (Å²) in [5.41, 5.74) is 22.3. The Labute approximate surface area is 702 Å². The van der Waals surface area contributed by atoms with Gasteiger partial charge in [0.1, 0.15) is 84.6 Å². The van der Waals surface area contributed by atoms with Gasteiger partial charge in [0.25, 0.3) is 5.97 Å². The maximum absolute atomic E-state index is 14.5. The number of likely N-dealkylation sites (tertiary alicyclic amines) is 1. The monoisotopic (exact) mass is 1730 g/mol. The van der Waals surface area contributed by atoms with E-state index in [0.29, 0.717) is 37.3 Å². The molecule has 16 atom stereocenters. The number of carbonyl (C=O) groups is 17. The number of carboxylic acid groups (broad SMARTS) is 2. The van der Waals surface area contributed by atoms with Crippen LogP contribution in [0, 0.1) is 17.8 Å². The molecule has 41 nitrogen and oxygen atoms in total. The quantitative estimate of drug-likeness (QED) is 0.0154. The second-order valence-corrected chi connectivity index (χ2v) is 33.1. The summed E-state index contributed by atoms with van der Waals surface area (Å²) in [5.74, 6) is -14.8. The molecule has 0 aromatic carbocycles. The number of nitrogens with zero attached hydrogens (tertiary/aromatic N) is 2. The number of aliphatic carboxylic acids is 2. The van der Waals surface area contributed by atoms with Crippen LogP contribution in [0.2, 0.25) is 0 Å². The van der Waals surface area contributed by atoms with Crippen molar-refractivity contribution in [2.24, 2.45) is 45.7 Å². The summed E-state index contributed by atoms with van der Waals surface area (Å²) in [6, 6.07) is -19.8. The molecule has 0 spiro atoms. The zero-order valence-corrected chi connectivity index (χ0v) is 72.5. The van der Waals surface area contributed by atoms with Crippen LogP contribution >= 0.6 is 35.3 Å². The zero-order chi connectivity index (χ0) is 89.6. The molecule has 672 valence electrons. The first-order valence-corrected chi connectivity index (χ1v) is 43.9. The molecule has 0 aliphatic carbocycles. The van der Waals surface area contributed by atoms with Gasteiger partial charge in [0.05, 0.1) is 18.8 Å². The van der Waals surface area contributed by atoms with Crippen LogP contribution in [0.5, 0.6) is 0 Å². The van der Waals surface area contributed by atoms with Crippen LogP contribution in [0.15, 0.2) is 4.99 Å². The lowest BCUT2D eigenvalue weighted by Gasteiger charge is -2.32. The molecule has 15 amide bonds. The number of guanidine groups is 1. The van der Waals surface area contributed by atoms with Crippen molar-refractivity contribution in [3.05, 3.63) is 0 Å². The Morgan fingerprint density at radius 2 is 0.873 bits per heavy atom. The van der Waals surface area contributed by atoms with E-state index in [1.807, 2.05) is 0 Å². The number of thioether (sulfide) groups is 3. The first-order valence-electron chi connectivity index (χ1n) is 39.7. The fourth-order valence-electron chi connectivity index (χ4n) is 12.2. The molecule has 2 aliphatic rings. The Kier molecular flexibility index (Phi) is 52.1. The number of hydrogen-bond acceptors (Lipinski definition) is 25. The maximum atomic E-state index is 14.5.